The van der Waals surface area contributed by atoms with Crippen LogP contribution in [0.3, 0.4) is 0 Å². The molecule has 0 aliphatic heterocycles. The van der Waals surface area contributed by atoms with Crippen LogP contribution in [0.15, 0.2) is 48.8 Å². The zero-order valence-electron chi connectivity index (χ0n) is 12.2. The van der Waals surface area contributed by atoms with E-state index in [0.717, 1.165) is 25.1 Å². The van der Waals surface area contributed by atoms with Gasteiger partial charge in [-0.3, -0.25) is 4.98 Å². The average Bonchev–Trinajstić information content (AvgIpc) is 2.49. The van der Waals surface area contributed by atoms with E-state index in [9.17, 15) is 0 Å². The summed E-state index contributed by atoms with van der Waals surface area (Å²) in [6.07, 6.45) is 5.74. The van der Waals surface area contributed by atoms with Crippen LogP contribution in [0.5, 0.6) is 5.75 Å². The van der Waals surface area contributed by atoms with Crippen LogP contribution < -0.4 is 10.1 Å². The van der Waals surface area contributed by atoms with E-state index in [1.807, 2.05) is 24.5 Å². The lowest BCUT2D eigenvalue weighted by Crippen LogP contribution is -2.33. The van der Waals surface area contributed by atoms with Crippen molar-refractivity contribution in [3.05, 3.63) is 59.9 Å². The number of aromatic nitrogens is 1. The highest BCUT2D eigenvalue weighted by Gasteiger charge is 2.09. The maximum absolute atomic E-state index is 5.19. The Morgan fingerprint density at radius 1 is 1.00 bits per heavy atom. The van der Waals surface area contributed by atoms with Crippen molar-refractivity contribution in [3.63, 3.8) is 0 Å². The fourth-order valence-electron chi connectivity index (χ4n) is 2.35. The molecule has 1 unspecified atom stereocenters. The molecule has 1 N–H and O–H groups in total. The Labute approximate surface area is 121 Å². The molecule has 0 radical (unpaired) electrons. The zero-order chi connectivity index (χ0) is 14.2. The quantitative estimate of drug-likeness (QED) is 0.840. The van der Waals surface area contributed by atoms with Gasteiger partial charge in [-0.25, -0.2) is 0 Å². The summed E-state index contributed by atoms with van der Waals surface area (Å²) in [6.45, 7) is 3.12. The Balaban J connectivity index is 2.00. The maximum Gasteiger partial charge on any atom is 0.118 e. The Morgan fingerprint density at radius 3 is 2.15 bits per heavy atom. The van der Waals surface area contributed by atoms with Crippen molar-refractivity contribution in [1.29, 1.82) is 0 Å². The molecule has 3 heteroatoms. The number of hydrogen-bond acceptors (Lipinski definition) is 3. The number of hydrogen-bond donors (Lipinski definition) is 1. The summed E-state index contributed by atoms with van der Waals surface area (Å²) in [5.41, 5.74) is 2.64. The molecule has 1 heterocycles. The Bertz CT molecular complexity index is 496. The number of rotatable bonds is 7. The van der Waals surface area contributed by atoms with Gasteiger partial charge in [0.1, 0.15) is 5.75 Å². The summed E-state index contributed by atoms with van der Waals surface area (Å²) < 4.78 is 5.19. The summed E-state index contributed by atoms with van der Waals surface area (Å²) in [7, 11) is 1.69. The van der Waals surface area contributed by atoms with Crippen molar-refractivity contribution in [3.8, 4) is 5.75 Å². The van der Waals surface area contributed by atoms with Crippen LogP contribution in [0.4, 0.5) is 0 Å². The molecule has 0 saturated heterocycles. The van der Waals surface area contributed by atoms with Crippen molar-refractivity contribution >= 4 is 0 Å². The molecule has 0 aliphatic carbocycles. The van der Waals surface area contributed by atoms with Gasteiger partial charge in [0.25, 0.3) is 0 Å². The lowest BCUT2D eigenvalue weighted by atomic mass is 9.99. The van der Waals surface area contributed by atoms with Gasteiger partial charge in [0.05, 0.1) is 7.11 Å². The van der Waals surface area contributed by atoms with Gasteiger partial charge in [-0.15, -0.1) is 0 Å². The molecular weight excluding hydrogens is 248 g/mol. The number of likely N-dealkylation sites (N-methyl/N-ethyl adjacent to an activating group) is 1. The van der Waals surface area contributed by atoms with Crippen molar-refractivity contribution < 1.29 is 4.74 Å². The lowest BCUT2D eigenvalue weighted by molar-refractivity contribution is 0.414. The van der Waals surface area contributed by atoms with Crippen LogP contribution >= 0.6 is 0 Å². The molecule has 1 aromatic carbocycles. The van der Waals surface area contributed by atoms with Gasteiger partial charge in [0.15, 0.2) is 0 Å². The number of nitrogens with zero attached hydrogens (tertiary/aromatic N) is 1. The Hall–Kier alpha value is -1.87. The van der Waals surface area contributed by atoms with Crippen molar-refractivity contribution in [2.24, 2.45) is 0 Å². The molecule has 3 nitrogen and oxygen atoms in total. The summed E-state index contributed by atoms with van der Waals surface area (Å²) in [6, 6.07) is 12.9. The van der Waals surface area contributed by atoms with Crippen LogP contribution in [-0.4, -0.2) is 24.7 Å². The van der Waals surface area contributed by atoms with Gasteiger partial charge in [-0.05, 0) is 54.8 Å². The fraction of sp³-hybridized carbons (Fsp3) is 0.353. The summed E-state index contributed by atoms with van der Waals surface area (Å²) in [4.78, 5) is 4.07. The molecule has 0 amide bonds. The minimum Gasteiger partial charge on any atom is -0.497 e. The molecule has 106 valence electrons. The van der Waals surface area contributed by atoms with E-state index in [1.54, 1.807) is 7.11 Å². The molecule has 2 rings (SSSR count). The topological polar surface area (TPSA) is 34.2 Å². The standard InChI is InChI=1S/C17H22N2O/c1-3-19-16(13-15-8-10-18-11-9-15)12-14-4-6-17(20-2)7-5-14/h4-11,16,19H,3,12-13H2,1-2H3. The fourth-order valence-corrected chi connectivity index (χ4v) is 2.35. The van der Waals surface area contributed by atoms with E-state index >= 15 is 0 Å². The van der Waals surface area contributed by atoms with Gasteiger partial charge in [-0.1, -0.05) is 19.1 Å². The van der Waals surface area contributed by atoms with E-state index in [-0.39, 0.29) is 0 Å². The van der Waals surface area contributed by atoms with E-state index in [4.69, 9.17) is 4.74 Å². The molecule has 1 atom stereocenters. The highest BCUT2D eigenvalue weighted by molar-refractivity contribution is 5.28. The number of benzene rings is 1. The zero-order valence-corrected chi connectivity index (χ0v) is 12.2. The average molecular weight is 270 g/mol. The van der Waals surface area contributed by atoms with Crippen LogP contribution in [0.2, 0.25) is 0 Å². The van der Waals surface area contributed by atoms with Gasteiger partial charge < -0.3 is 10.1 Å². The number of nitrogens with one attached hydrogen (secondary N) is 1. The Kier molecular flexibility index (Phi) is 5.56. The molecule has 0 aliphatic rings. The van der Waals surface area contributed by atoms with Crippen LogP contribution in [0.1, 0.15) is 18.1 Å². The normalized spacial score (nSPS) is 12.1. The second kappa shape index (κ2) is 7.65. The van der Waals surface area contributed by atoms with E-state index in [1.165, 1.54) is 11.1 Å². The molecule has 1 aromatic heterocycles. The van der Waals surface area contributed by atoms with Gasteiger partial charge >= 0.3 is 0 Å². The third kappa shape index (κ3) is 4.35. The van der Waals surface area contributed by atoms with E-state index in [2.05, 4.69) is 41.5 Å². The van der Waals surface area contributed by atoms with Gasteiger partial charge in [0, 0.05) is 18.4 Å². The largest absolute Gasteiger partial charge is 0.497 e. The van der Waals surface area contributed by atoms with Crippen LogP contribution in [0, 0.1) is 0 Å². The number of methoxy groups -OCH3 is 1. The van der Waals surface area contributed by atoms with Crippen molar-refractivity contribution in [2.75, 3.05) is 13.7 Å². The highest BCUT2D eigenvalue weighted by Crippen LogP contribution is 2.14. The Morgan fingerprint density at radius 2 is 1.60 bits per heavy atom. The summed E-state index contributed by atoms with van der Waals surface area (Å²) >= 11 is 0. The monoisotopic (exact) mass is 270 g/mol. The highest BCUT2D eigenvalue weighted by atomic mass is 16.5. The number of pyridine rings is 1. The molecule has 0 spiro atoms. The SMILES string of the molecule is CCNC(Cc1ccncc1)Cc1ccc(OC)cc1. The number of ether oxygens (including phenoxy) is 1. The molecule has 2 aromatic rings. The first kappa shape index (κ1) is 14.5. The molecule has 0 fully saturated rings. The second-order valence-electron chi connectivity index (χ2n) is 4.87. The van der Waals surface area contributed by atoms with E-state index in [0.29, 0.717) is 6.04 Å². The third-order valence-electron chi connectivity index (χ3n) is 3.37. The van der Waals surface area contributed by atoms with Gasteiger partial charge in [-0.2, -0.15) is 0 Å². The first-order valence-electron chi connectivity index (χ1n) is 7.07. The minimum atomic E-state index is 0.441. The van der Waals surface area contributed by atoms with Crippen LogP contribution in [-0.2, 0) is 12.8 Å². The molecular formula is C17H22N2O. The maximum atomic E-state index is 5.19. The molecule has 0 saturated carbocycles. The molecule has 0 bridgehead atoms. The first-order valence-corrected chi connectivity index (χ1v) is 7.07. The minimum absolute atomic E-state index is 0.441. The lowest BCUT2D eigenvalue weighted by Gasteiger charge is -2.18. The molecule has 20 heavy (non-hydrogen) atoms. The third-order valence-corrected chi connectivity index (χ3v) is 3.37. The van der Waals surface area contributed by atoms with Crippen molar-refractivity contribution in [2.45, 2.75) is 25.8 Å². The van der Waals surface area contributed by atoms with Gasteiger partial charge in [0.2, 0.25) is 0 Å². The van der Waals surface area contributed by atoms with Crippen LogP contribution in [0.25, 0.3) is 0 Å². The second-order valence-corrected chi connectivity index (χ2v) is 4.87. The van der Waals surface area contributed by atoms with E-state index < -0.39 is 0 Å². The van der Waals surface area contributed by atoms with Crippen molar-refractivity contribution in [1.82, 2.24) is 10.3 Å². The smallest absolute Gasteiger partial charge is 0.118 e. The summed E-state index contributed by atoms with van der Waals surface area (Å²) in [5.74, 6) is 0.905. The summed E-state index contributed by atoms with van der Waals surface area (Å²) in [5, 5.41) is 3.56. The predicted octanol–water partition coefficient (Wildman–Crippen LogP) is 2.85. The first-order chi connectivity index (χ1) is 9.81. The predicted molar refractivity (Wildman–Crippen MR) is 82.1 cm³/mol.